The molecule has 0 radical (unpaired) electrons. The summed E-state index contributed by atoms with van der Waals surface area (Å²) in [6, 6.07) is 26.7. The molecule has 0 aliphatic carbocycles. The summed E-state index contributed by atoms with van der Waals surface area (Å²) in [7, 11) is 0. The molecule has 0 aromatic heterocycles. The molecule has 4 rings (SSSR count). The zero-order valence-corrected chi connectivity index (χ0v) is 14.0. The second-order valence-electron chi connectivity index (χ2n) is 6.71. The number of nitrogens with zero attached hydrogens (tertiary/aromatic N) is 1. The molecule has 2 heteroatoms. The summed E-state index contributed by atoms with van der Waals surface area (Å²) in [4.78, 5) is 2.59. The van der Waals surface area contributed by atoms with Gasteiger partial charge in [0.15, 0.2) is 0 Å². The molecule has 1 heterocycles. The highest BCUT2D eigenvalue weighted by molar-refractivity contribution is 5.85. The molecule has 1 atom stereocenters. The summed E-state index contributed by atoms with van der Waals surface area (Å²) in [5.74, 6) is 0. The van der Waals surface area contributed by atoms with E-state index >= 15 is 0 Å². The third-order valence-corrected chi connectivity index (χ3v) is 4.94. The smallest absolute Gasteiger partial charge is 0.0241 e. The fourth-order valence-electron chi connectivity index (χ4n) is 3.74. The molecule has 122 valence electrons. The van der Waals surface area contributed by atoms with Gasteiger partial charge in [0.05, 0.1) is 0 Å². The highest BCUT2D eigenvalue weighted by atomic mass is 15.2. The van der Waals surface area contributed by atoms with E-state index in [-0.39, 0.29) is 0 Å². The van der Waals surface area contributed by atoms with E-state index in [2.05, 4.69) is 83.0 Å². The van der Waals surface area contributed by atoms with Gasteiger partial charge in [-0.15, -0.1) is 0 Å². The Morgan fingerprint density at radius 1 is 0.875 bits per heavy atom. The van der Waals surface area contributed by atoms with Crippen molar-refractivity contribution in [2.75, 3.05) is 19.6 Å². The summed E-state index contributed by atoms with van der Waals surface area (Å²) < 4.78 is 0. The third kappa shape index (κ3) is 3.50. The maximum atomic E-state index is 3.68. The van der Waals surface area contributed by atoms with Crippen molar-refractivity contribution < 1.29 is 0 Å². The van der Waals surface area contributed by atoms with Crippen LogP contribution in [0.5, 0.6) is 0 Å². The van der Waals surface area contributed by atoms with Crippen LogP contribution in [0, 0.1) is 0 Å². The lowest BCUT2D eigenvalue weighted by molar-refractivity contribution is 0.192. The lowest BCUT2D eigenvalue weighted by Crippen LogP contribution is -2.51. The van der Waals surface area contributed by atoms with Crippen molar-refractivity contribution in [2.45, 2.75) is 19.0 Å². The topological polar surface area (TPSA) is 15.3 Å². The van der Waals surface area contributed by atoms with Crippen LogP contribution >= 0.6 is 0 Å². The standard InChI is InChI=1S/C22H24N2/c1-2-7-18(8-3-1)15-21-17-24(14-13-23-21)16-20-11-6-10-19-9-4-5-12-22(19)20/h1-12,21,23H,13-17H2. The molecule has 0 bridgehead atoms. The van der Waals surface area contributed by atoms with Gasteiger partial charge in [-0.05, 0) is 28.3 Å². The van der Waals surface area contributed by atoms with Gasteiger partial charge >= 0.3 is 0 Å². The van der Waals surface area contributed by atoms with Crippen molar-refractivity contribution in [3.63, 3.8) is 0 Å². The van der Waals surface area contributed by atoms with Gasteiger partial charge in [-0.1, -0.05) is 72.8 Å². The van der Waals surface area contributed by atoms with Crippen LogP contribution in [0.2, 0.25) is 0 Å². The van der Waals surface area contributed by atoms with Gasteiger partial charge < -0.3 is 5.32 Å². The normalized spacial score (nSPS) is 18.8. The molecule has 0 amide bonds. The van der Waals surface area contributed by atoms with Crippen LogP contribution in [0.25, 0.3) is 10.8 Å². The van der Waals surface area contributed by atoms with E-state index in [1.54, 1.807) is 0 Å². The van der Waals surface area contributed by atoms with Gasteiger partial charge in [-0.3, -0.25) is 4.90 Å². The van der Waals surface area contributed by atoms with Crippen LogP contribution in [-0.2, 0) is 13.0 Å². The Hall–Kier alpha value is -2.16. The minimum Gasteiger partial charge on any atom is -0.311 e. The van der Waals surface area contributed by atoms with Gasteiger partial charge in [0.25, 0.3) is 0 Å². The molecule has 1 aliphatic rings. The van der Waals surface area contributed by atoms with Crippen LogP contribution in [-0.4, -0.2) is 30.6 Å². The molecule has 1 aliphatic heterocycles. The van der Waals surface area contributed by atoms with Gasteiger partial charge in [-0.2, -0.15) is 0 Å². The van der Waals surface area contributed by atoms with E-state index in [4.69, 9.17) is 0 Å². The maximum absolute atomic E-state index is 3.68. The lowest BCUT2D eigenvalue weighted by Gasteiger charge is -2.34. The van der Waals surface area contributed by atoms with Crippen molar-refractivity contribution >= 4 is 10.8 Å². The highest BCUT2D eigenvalue weighted by Gasteiger charge is 2.20. The fraction of sp³-hybridized carbons (Fsp3) is 0.273. The molecule has 24 heavy (non-hydrogen) atoms. The fourth-order valence-corrected chi connectivity index (χ4v) is 3.74. The molecule has 1 fully saturated rings. The van der Waals surface area contributed by atoms with Crippen LogP contribution in [0.3, 0.4) is 0 Å². The lowest BCUT2D eigenvalue weighted by atomic mass is 10.0. The monoisotopic (exact) mass is 316 g/mol. The molecule has 1 N–H and O–H groups in total. The Bertz CT molecular complexity index is 792. The summed E-state index contributed by atoms with van der Waals surface area (Å²) in [6.07, 6.45) is 1.10. The first-order valence-electron chi connectivity index (χ1n) is 8.85. The minimum absolute atomic E-state index is 0.538. The Kier molecular flexibility index (Phi) is 4.59. The number of hydrogen-bond acceptors (Lipinski definition) is 2. The molecule has 1 saturated heterocycles. The molecular formula is C22H24N2. The number of piperazine rings is 1. The number of hydrogen-bond donors (Lipinski definition) is 1. The predicted molar refractivity (Wildman–Crippen MR) is 101 cm³/mol. The molecule has 1 unspecified atom stereocenters. The van der Waals surface area contributed by atoms with E-state index in [1.165, 1.54) is 21.9 Å². The minimum atomic E-state index is 0.538. The van der Waals surface area contributed by atoms with Crippen molar-refractivity contribution in [1.82, 2.24) is 10.2 Å². The third-order valence-electron chi connectivity index (χ3n) is 4.94. The number of nitrogens with one attached hydrogen (secondary N) is 1. The maximum Gasteiger partial charge on any atom is 0.0241 e. The van der Waals surface area contributed by atoms with Crippen molar-refractivity contribution in [3.8, 4) is 0 Å². The highest BCUT2D eigenvalue weighted by Crippen LogP contribution is 2.20. The molecule has 3 aromatic rings. The van der Waals surface area contributed by atoms with Crippen LogP contribution < -0.4 is 5.32 Å². The first kappa shape index (κ1) is 15.4. The van der Waals surface area contributed by atoms with E-state index in [9.17, 15) is 0 Å². The Balaban J connectivity index is 1.46. The summed E-state index contributed by atoms with van der Waals surface area (Å²) in [5, 5.41) is 6.40. The van der Waals surface area contributed by atoms with Crippen LogP contribution in [0.1, 0.15) is 11.1 Å². The van der Waals surface area contributed by atoms with E-state index in [0.717, 1.165) is 32.6 Å². The SMILES string of the molecule is c1ccc(CC2CN(Cc3cccc4ccccc34)CCN2)cc1. The van der Waals surface area contributed by atoms with Crippen LogP contribution in [0.15, 0.2) is 72.8 Å². The Morgan fingerprint density at radius 3 is 2.58 bits per heavy atom. The summed E-state index contributed by atoms with van der Waals surface area (Å²) in [5.41, 5.74) is 2.86. The van der Waals surface area contributed by atoms with Gasteiger partial charge in [0, 0.05) is 32.2 Å². The Morgan fingerprint density at radius 2 is 1.67 bits per heavy atom. The van der Waals surface area contributed by atoms with Crippen molar-refractivity contribution in [1.29, 1.82) is 0 Å². The average Bonchev–Trinajstić information content (AvgIpc) is 2.63. The molecule has 0 spiro atoms. The first-order valence-corrected chi connectivity index (χ1v) is 8.85. The van der Waals surface area contributed by atoms with Gasteiger partial charge in [0.1, 0.15) is 0 Å². The quantitative estimate of drug-likeness (QED) is 0.786. The zero-order valence-electron chi connectivity index (χ0n) is 14.0. The van der Waals surface area contributed by atoms with Crippen molar-refractivity contribution in [3.05, 3.63) is 83.9 Å². The second kappa shape index (κ2) is 7.16. The summed E-state index contributed by atoms with van der Waals surface area (Å²) >= 11 is 0. The van der Waals surface area contributed by atoms with E-state index < -0.39 is 0 Å². The largest absolute Gasteiger partial charge is 0.311 e. The molecule has 3 aromatic carbocycles. The van der Waals surface area contributed by atoms with Crippen molar-refractivity contribution in [2.24, 2.45) is 0 Å². The van der Waals surface area contributed by atoms with E-state index in [0.29, 0.717) is 6.04 Å². The number of fused-ring (bicyclic) bond motifs is 1. The predicted octanol–water partition coefficient (Wildman–Crippen LogP) is 3.86. The molecule has 0 saturated carbocycles. The molecule has 2 nitrogen and oxygen atoms in total. The van der Waals surface area contributed by atoms with Gasteiger partial charge in [0.2, 0.25) is 0 Å². The second-order valence-corrected chi connectivity index (χ2v) is 6.71. The number of rotatable bonds is 4. The first-order chi connectivity index (χ1) is 11.9. The number of benzene rings is 3. The van der Waals surface area contributed by atoms with Gasteiger partial charge in [-0.25, -0.2) is 0 Å². The Labute approximate surface area is 144 Å². The molecular weight excluding hydrogens is 292 g/mol. The summed E-state index contributed by atoms with van der Waals surface area (Å²) in [6.45, 7) is 4.34. The van der Waals surface area contributed by atoms with Crippen LogP contribution in [0.4, 0.5) is 0 Å². The zero-order chi connectivity index (χ0) is 16.2. The average molecular weight is 316 g/mol. The van der Waals surface area contributed by atoms with E-state index in [1.807, 2.05) is 0 Å².